The second-order valence-corrected chi connectivity index (χ2v) is 13.9. The summed E-state index contributed by atoms with van der Waals surface area (Å²) in [6, 6.07) is 0. The molecule has 9 atom stereocenters. The third-order valence-electron chi connectivity index (χ3n) is 11.5. The van der Waals surface area contributed by atoms with E-state index in [-0.39, 0.29) is 65.6 Å². The normalized spacial score (nSPS) is 44.1. The number of ether oxygens (including phenoxy) is 3. The lowest BCUT2D eigenvalue weighted by molar-refractivity contribution is -0.210. The van der Waals surface area contributed by atoms with Crippen molar-refractivity contribution in [1.29, 1.82) is 0 Å². The largest absolute Gasteiger partial charge is 0.457 e. The van der Waals surface area contributed by atoms with Crippen molar-refractivity contribution in [2.24, 2.45) is 40.4 Å². The first kappa shape index (κ1) is 29.9. The number of esters is 1. The number of aliphatic hydroxyl groups excluding tert-OH is 1. The molecule has 7 nitrogen and oxygen atoms in total. The Bertz CT molecular complexity index is 1110. The van der Waals surface area contributed by atoms with E-state index in [1.165, 1.54) is 6.42 Å². The van der Waals surface area contributed by atoms with Crippen LogP contribution in [0.3, 0.4) is 0 Å². The highest BCUT2D eigenvalue weighted by molar-refractivity contribution is 6.01. The molecular weight excluding hydrogens is 532 g/mol. The van der Waals surface area contributed by atoms with Crippen molar-refractivity contribution in [2.45, 2.75) is 110 Å². The molecule has 0 radical (unpaired) electrons. The van der Waals surface area contributed by atoms with Gasteiger partial charge in [-0.2, -0.15) is 0 Å². The second kappa shape index (κ2) is 10.6. The molecule has 4 saturated carbocycles. The highest BCUT2D eigenvalue weighted by atomic mass is 35.5. The summed E-state index contributed by atoms with van der Waals surface area (Å²) in [5, 5.41) is 11.9. The van der Waals surface area contributed by atoms with E-state index < -0.39 is 35.5 Å². The van der Waals surface area contributed by atoms with Crippen LogP contribution in [0, 0.1) is 40.4 Å². The Morgan fingerprint density at radius 3 is 2.58 bits per heavy atom. The minimum absolute atomic E-state index is 0. The number of fused-ring (bicyclic) bond motifs is 7. The molecule has 1 N–H and O–H groups in total. The van der Waals surface area contributed by atoms with Crippen molar-refractivity contribution in [2.75, 3.05) is 6.61 Å². The van der Waals surface area contributed by atoms with Crippen molar-refractivity contribution < 1.29 is 33.7 Å². The SMILES string of the molecule is CC(C)C(=O)OCC(=O)[C@@]12O[C@H](C3CCCCC3)O[C@@H]1C[C@H]1[C@@H]3CCC4=CC(=O)C=C[C@]4(C)[C@H]3[C@@H](O)C[C@@]12C.Cl. The molecule has 5 aliphatic carbocycles. The molecule has 1 heterocycles. The smallest absolute Gasteiger partial charge is 0.308 e. The Morgan fingerprint density at radius 2 is 1.88 bits per heavy atom. The van der Waals surface area contributed by atoms with Gasteiger partial charge in [0.05, 0.1) is 18.1 Å². The van der Waals surface area contributed by atoms with Gasteiger partial charge in [0.25, 0.3) is 0 Å². The van der Waals surface area contributed by atoms with Gasteiger partial charge in [0, 0.05) is 22.7 Å². The summed E-state index contributed by atoms with van der Waals surface area (Å²) in [5.74, 6) is -0.471. The lowest BCUT2D eigenvalue weighted by Gasteiger charge is -2.59. The average molecular weight is 577 g/mol. The topological polar surface area (TPSA) is 99.1 Å². The number of aliphatic hydroxyl groups is 1. The molecule has 8 heteroatoms. The maximum absolute atomic E-state index is 14.2. The molecule has 0 aromatic rings. The molecule has 0 aromatic carbocycles. The molecule has 6 rings (SSSR count). The van der Waals surface area contributed by atoms with Crippen LogP contribution >= 0.6 is 12.4 Å². The molecule has 0 spiro atoms. The zero-order chi connectivity index (χ0) is 27.7. The van der Waals surface area contributed by atoms with E-state index >= 15 is 0 Å². The summed E-state index contributed by atoms with van der Waals surface area (Å²) in [7, 11) is 0. The van der Waals surface area contributed by atoms with Crippen LogP contribution in [0.1, 0.15) is 85.5 Å². The third-order valence-corrected chi connectivity index (χ3v) is 11.5. The first-order chi connectivity index (χ1) is 18.5. The van der Waals surface area contributed by atoms with Crippen LogP contribution in [-0.4, -0.2) is 53.3 Å². The van der Waals surface area contributed by atoms with E-state index in [2.05, 4.69) is 13.8 Å². The van der Waals surface area contributed by atoms with Gasteiger partial charge in [0.1, 0.15) is 0 Å². The minimum Gasteiger partial charge on any atom is -0.457 e. The van der Waals surface area contributed by atoms with Crippen LogP contribution in [0.4, 0.5) is 0 Å². The lowest BCUT2D eigenvalue weighted by Crippen LogP contribution is -2.63. The summed E-state index contributed by atoms with van der Waals surface area (Å²) >= 11 is 0. The van der Waals surface area contributed by atoms with Crippen LogP contribution in [0.2, 0.25) is 0 Å². The van der Waals surface area contributed by atoms with E-state index in [9.17, 15) is 19.5 Å². The number of carbonyl (C=O) groups excluding carboxylic acids is 3. The maximum Gasteiger partial charge on any atom is 0.308 e. The number of ketones is 2. The minimum atomic E-state index is -1.25. The Kier molecular flexibility index (Phi) is 7.95. The molecule has 1 aliphatic heterocycles. The number of hydrogen-bond donors (Lipinski definition) is 1. The van der Waals surface area contributed by atoms with Gasteiger partial charge in [-0.05, 0) is 62.5 Å². The molecule has 0 bridgehead atoms. The van der Waals surface area contributed by atoms with Crippen LogP contribution < -0.4 is 0 Å². The van der Waals surface area contributed by atoms with Crippen molar-refractivity contribution in [1.82, 2.24) is 0 Å². The van der Waals surface area contributed by atoms with E-state index in [0.29, 0.717) is 12.8 Å². The van der Waals surface area contributed by atoms with Gasteiger partial charge in [0.15, 0.2) is 24.3 Å². The van der Waals surface area contributed by atoms with Crippen LogP contribution in [-0.2, 0) is 28.6 Å². The van der Waals surface area contributed by atoms with Gasteiger partial charge in [-0.3, -0.25) is 14.4 Å². The summed E-state index contributed by atoms with van der Waals surface area (Å²) < 4.78 is 19.0. The van der Waals surface area contributed by atoms with Crippen molar-refractivity contribution >= 4 is 29.9 Å². The van der Waals surface area contributed by atoms with E-state index in [1.807, 2.05) is 6.08 Å². The summed E-state index contributed by atoms with van der Waals surface area (Å²) in [5.41, 5.74) is -1.19. The quantitative estimate of drug-likeness (QED) is 0.453. The monoisotopic (exact) mass is 576 g/mol. The first-order valence-corrected chi connectivity index (χ1v) is 15.2. The molecular formula is C32H45ClO7. The fourth-order valence-corrected chi connectivity index (χ4v) is 9.62. The standard InChI is InChI=1S/C32H44O7.ClH/c1-18(2)28(36)37-17-25(35)32-26(38-29(39-32)19-8-6-5-7-9-19)15-23-22-11-10-20-14-21(33)12-13-30(20,3)27(22)24(34)16-31(23,32)4;/h12-14,18-19,22-24,26-27,29,34H,5-11,15-17H2,1-4H3;1H/t22-,23-,24-,26+,27+,29+,30-,31-,32+;/m0./s1. The second-order valence-electron chi connectivity index (χ2n) is 13.9. The first-order valence-electron chi connectivity index (χ1n) is 15.2. The highest BCUT2D eigenvalue weighted by Gasteiger charge is 2.76. The molecule has 0 aromatic heterocycles. The molecule has 0 unspecified atom stereocenters. The van der Waals surface area contributed by atoms with Crippen LogP contribution in [0.5, 0.6) is 0 Å². The van der Waals surface area contributed by atoms with Gasteiger partial charge >= 0.3 is 5.97 Å². The van der Waals surface area contributed by atoms with E-state index in [0.717, 1.165) is 44.1 Å². The lowest BCUT2D eigenvalue weighted by atomic mass is 9.46. The Balaban J connectivity index is 0.00000323. The zero-order valence-corrected chi connectivity index (χ0v) is 25.0. The number of hydrogen-bond acceptors (Lipinski definition) is 7. The summed E-state index contributed by atoms with van der Waals surface area (Å²) in [6.45, 7) is 7.44. The van der Waals surface area contributed by atoms with E-state index in [1.54, 1.807) is 26.0 Å². The maximum atomic E-state index is 14.2. The van der Waals surface area contributed by atoms with Crippen LogP contribution in [0.25, 0.3) is 0 Å². The Labute approximate surface area is 243 Å². The molecule has 5 fully saturated rings. The summed E-state index contributed by atoms with van der Waals surface area (Å²) in [6.07, 6.45) is 12.2. The molecule has 40 heavy (non-hydrogen) atoms. The average Bonchev–Trinajstić information content (AvgIpc) is 3.41. The Hall–Kier alpha value is -1.54. The summed E-state index contributed by atoms with van der Waals surface area (Å²) in [4.78, 5) is 38.7. The fraction of sp³-hybridized carbons (Fsp3) is 0.781. The molecule has 1 saturated heterocycles. The van der Waals surface area contributed by atoms with Crippen molar-refractivity contribution in [3.63, 3.8) is 0 Å². The van der Waals surface area contributed by atoms with Gasteiger partial charge in [-0.15, -0.1) is 12.4 Å². The number of halogens is 1. The molecule has 6 aliphatic rings. The predicted octanol–water partition coefficient (Wildman–Crippen LogP) is 5.13. The number of Topliss-reactive ketones (excluding diaryl/α,β-unsaturated/α-hetero) is 1. The van der Waals surface area contributed by atoms with Gasteiger partial charge in [-0.25, -0.2) is 0 Å². The van der Waals surface area contributed by atoms with Gasteiger partial charge < -0.3 is 19.3 Å². The molecule has 222 valence electrons. The third kappa shape index (κ3) is 4.28. The van der Waals surface area contributed by atoms with Crippen molar-refractivity contribution in [3.8, 4) is 0 Å². The fourth-order valence-electron chi connectivity index (χ4n) is 9.62. The van der Waals surface area contributed by atoms with Crippen LogP contribution in [0.15, 0.2) is 23.8 Å². The van der Waals surface area contributed by atoms with Gasteiger partial charge in [0.2, 0.25) is 5.78 Å². The predicted molar refractivity (Wildman–Crippen MR) is 150 cm³/mol. The number of carbonyl (C=O) groups is 3. The van der Waals surface area contributed by atoms with E-state index in [4.69, 9.17) is 14.2 Å². The molecule has 0 amide bonds. The van der Waals surface area contributed by atoms with Gasteiger partial charge in [-0.1, -0.05) is 58.6 Å². The van der Waals surface area contributed by atoms with Crippen molar-refractivity contribution in [3.05, 3.63) is 23.8 Å². The number of rotatable bonds is 5. The number of allylic oxidation sites excluding steroid dienone is 4. The Morgan fingerprint density at radius 1 is 1.15 bits per heavy atom. The highest BCUT2D eigenvalue weighted by Crippen LogP contribution is 2.70. The zero-order valence-electron chi connectivity index (χ0n) is 24.2.